The number of rotatable bonds is 5. The molecule has 130 valence electrons. The number of benzene rings is 3. The van der Waals surface area contributed by atoms with Crippen molar-refractivity contribution in [2.24, 2.45) is 0 Å². The summed E-state index contributed by atoms with van der Waals surface area (Å²) in [6.45, 7) is 2.56. The van der Waals surface area contributed by atoms with Gasteiger partial charge in [-0.25, -0.2) is 4.98 Å². The number of nitrogens with one attached hydrogen (secondary N) is 1. The van der Waals surface area contributed by atoms with Crippen LogP contribution in [-0.4, -0.2) is 17.1 Å². The third kappa shape index (κ3) is 3.26. The Morgan fingerprint density at radius 3 is 2.62 bits per heavy atom. The molecule has 4 nitrogen and oxygen atoms in total. The summed E-state index contributed by atoms with van der Waals surface area (Å²) < 4.78 is 11.5. The molecule has 0 aliphatic rings. The first-order valence-corrected chi connectivity index (χ1v) is 8.54. The molecule has 0 saturated heterocycles. The molecule has 0 amide bonds. The molecule has 0 saturated carbocycles. The molecule has 4 rings (SSSR count). The van der Waals surface area contributed by atoms with Crippen LogP contribution in [-0.2, 0) is 6.61 Å². The van der Waals surface area contributed by atoms with Crippen LogP contribution in [0.3, 0.4) is 0 Å². The zero-order valence-electron chi connectivity index (χ0n) is 14.8. The van der Waals surface area contributed by atoms with Gasteiger partial charge in [-0.3, -0.25) is 0 Å². The molecule has 0 unspecified atom stereocenters. The fourth-order valence-corrected chi connectivity index (χ4v) is 2.99. The van der Waals surface area contributed by atoms with Gasteiger partial charge in [-0.05, 0) is 42.8 Å². The second-order valence-electron chi connectivity index (χ2n) is 6.25. The fourth-order valence-electron chi connectivity index (χ4n) is 2.99. The van der Waals surface area contributed by atoms with Gasteiger partial charge in [0.1, 0.15) is 12.4 Å². The molecule has 26 heavy (non-hydrogen) atoms. The summed E-state index contributed by atoms with van der Waals surface area (Å²) in [7, 11) is 1.65. The predicted molar refractivity (Wildman–Crippen MR) is 104 cm³/mol. The molecule has 0 aliphatic heterocycles. The maximum absolute atomic E-state index is 6.04. The van der Waals surface area contributed by atoms with Gasteiger partial charge < -0.3 is 14.5 Å². The number of imidazole rings is 1. The van der Waals surface area contributed by atoms with Crippen LogP contribution in [0.15, 0.2) is 66.7 Å². The van der Waals surface area contributed by atoms with Gasteiger partial charge in [0, 0.05) is 5.56 Å². The van der Waals surface area contributed by atoms with Crippen LogP contribution in [0.25, 0.3) is 22.4 Å². The van der Waals surface area contributed by atoms with E-state index in [4.69, 9.17) is 9.47 Å². The number of nitrogens with zero attached hydrogens (tertiary/aromatic N) is 1. The second-order valence-corrected chi connectivity index (χ2v) is 6.25. The Hall–Kier alpha value is -3.27. The number of para-hydroxylation sites is 2. The van der Waals surface area contributed by atoms with Gasteiger partial charge in [-0.2, -0.15) is 0 Å². The lowest BCUT2D eigenvalue weighted by Crippen LogP contribution is -1.98. The highest BCUT2D eigenvalue weighted by Crippen LogP contribution is 2.33. The zero-order chi connectivity index (χ0) is 17.9. The summed E-state index contributed by atoms with van der Waals surface area (Å²) in [4.78, 5) is 8.01. The molecule has 1 N–H and O–H groups in total. The van der Waals surface area contributed by atoms with Crippen molar-refractivity contribution in [1.29, 1.82) is 0 Å². The van der Waals surface area contributed by atoms with Gasteiger partial charge in [0.25, 0.3) is 0 Å². The predicted octanol–water partition coefficient (Wildman–Crippen LogP) is 5.13. The Morgan fingerprint density at radius 1 is 0.923 bits per heavy atom. The minimum absolute atomic E-state index is 0.488. The van der Waals surface area contributed by atoms with Crippen LogP contribution in [0.5, 0.6) is 11.5 Å². The number of aromatic nitrogens is 2. The molecule has 0 fully saturated rings. The van der Waals surface area contributed by atoms with Crippen LogP contribution < -0.4 is 9.47 Å². The average Bonchev–Trinajstić information content (AvgIpc) is 3.10. The van der Waals surface area contributed by atoms with E-state index in [0.29, 0.717) is 18.1 Å². The maximum Gasteiger partial charge on any atom is 0.162 e. The molecule has 4 aromatic rings. The van der Waals surface area contributed by atoms with E-state index in [1.165, 1.54) is 5.56 Å². The number of H-pyrrole nitrogens is 1. The maximum atomic E-state index is 6.04. The number of fused-ring (bicyclic) bond motifs is 1. The Balaban J connectivity index is 1.64. The zero-order valence-corrected chi connectivity index (χ0v) is 14.8. The Kier molecular flexibility index (Phi) is 4.32. The van der Waals surface area contributed by atoms with E-state index >= 15 is 0 Å². The van der Waals surface area contributed by atoms with Gasteiger partial charge in [-0.1, -0.05) is 42.0 Å². The summed E-state index contributed by atoms with van der Waals surface area (Å²) >= 11 is 0. The Morgan fingerprint density at radius 2 is 1.81 bits per heavy atom. The number of ether oxygens (including phenoxy) is 2. The van der Waals surface area contributed by atoms with Crippen molar-refractivity contribution in [3.63, 3.8) is 0 Å². The van der Waals surface area contributed by atoms with Crippen molar-refractivity contribution in [2.45, 2.75) is 13.5 Å². The molecule has 3 aromatic carbocycles. The van der Waals surface area contributed by atoms with E-state index in [-0.39, 0.29) is 0 Å². The number of aromatic amines is 1. The van der Waals surface area contributed by atoms with Crippen molar-refractivity contribution in [2.75, 3.05) is 7.11 Å². The SMILES string of the molecule is COc1ccc(-c2nc3ccccc3[nH]2)cc1OCc1cccc(C)c1. The number of methoxy groups -OCH3 is 1. The van der Waals surface area contributed by atoms with Crippen LogP contribution in [0.4, 0.5) is 0 Å². The summed E-state index contributed by atoms with van der Waals surface area (Å²) in [5.74, 6) is 2.22. The first-order valence-electron chi connectivity index (χ1n) is 8.54. The van der Waals surface area contributed by atoms with Gasteiger partial charge in [0.2, 0.25) is 0 Å². The highest BCUT2D eigenvalue weighted by Gasteiger charge is 2.11. The molecule has 0 spiro atoms. The molecule has 0 aliphatic carbocycles. The molecule has 0 radical (unpaired) electrons. The second kappa shape index (κ2) is 6.92. The van der Waals surface area contributed by atoms with Gasteiger partial charge >= 0.3 is 0 Å². The van der Waals surface area contributed by atoms with E-state index in [9.17, 15) is 0 Å². The van der Waals surface area contributed by atoms with Crippen molar-refractivity contribution < 1.29 is 9.47 Å². The third-order valence-corrected chi connectivity index (χ3v) is 4.30. The molecule has 4 heteroatoms. The van der Waals surface area contributed by atoms with Crippen molar-refractivity contribution in [1.82, 2.24) is 9.97 Å². The lowest BCUT2D eigenvalue weighted by molar-refractivity contribution is 0.284. The van der Waals surface area contributed by atoms with E-state index in [2.05, 4.69) is 35.1 Å². The van der Waals surface area contributed by atoms with Gasteiger partial charge in [-0.15, -0.1) is 0 Å². The number of hydrogen-bond acceptors (Lipinski definition) is 3. The summed E-state index contributed by atoms with van der Waals surface area (Å²) in [6, 6.07) is 22.1. The summed E-state index contributed by atoms with van der Waals surface area (Å²) in [6.07, 6.45) is 0. The molecule has 1 heterocycles. The van der Waals surface area contributed by atoms with Crippen LogP contribution >= 0.6 is 0 Å². The number of hydrogen-bond donors (Lipinski definition) is 1. The van der Waals surface area contributed by atoms with Crippen LogP contribution in [0.1, 0.15) is 11.1 Å². The monoisotopic (exact) mass is 344 g/mol. The van der Waals surface area contributed by atoms with Gasteiger partial charge in [0.05, 0.1) is 18.1 Å². The van der Waals surface area contributed by atoms with E-state index < -0.39 is 0 Å². The average molecular weight is 344 g/mol. The first kappa shape index (κ1) is 16.2. The smallest absolute Gasteiger partial charge is 0.162 e. The highest BCUT2D eigenvalue weighted by molar-refractivity contribution is 5.79. The normalized spacial score (nSPS) is 10.8. The molecular weight excluding hydrogens is 324 g/mol. The topological polar surface area (TPSA) is 47.1 Å². The summed E-state index contributed by atoms with van der Waals surface area (Å²) in [5, 5.41) is 0. The van der Waals surface area contributed by atoms with E-state index in [1.807, 2.05) is 48.5 Å². The van der Waals surface area contributed by atoms with Crippen molar-refractivity contribution in [3.8, 4) is 22.9 Å². The van der Waals surface area contributed by atoms with E-state index in [0.717, 1.165) is 28.0 Å². The van der Waals surface area contributed by atoms with Crippen molar-refractivity contribution >= 4 is 11.0 Å². The Bertz CT molecular complexity index is 1020. The first-order chi connectivity index (χ1) is 12.7. The minimum atomic E-state index is 0.488. The lowest BCUT2D eigenvalue weighted by Gasteiger charge is -2.12. The highest BCUT2D eigenvalue weighted by atomic mass is 16.5. The molecule has 1 aromatic heterocycles. The lowest BCUT2D eigenvalue weighted by atomic mass is 10.1. The van der Waals surface area contributed by atoms with Crippen molar-refractivity contribution in [3.05, 3.63) is 77.9 Å². The van der Waals surface area contributed by atoms with Crippen LogP contribution in [0.2, 0.25) is 0 Å². The quantitative estimate of drug-likeness (QED) is 0.546. The molecular formula is C22H20N2O2. The van der Waals surface area contributed by atoms with E-state index in [1.54, 1.807) is 7.11 Å². The van der Waals surface area contributed by atoms with Crippen LogP contribution in [0, 0.1) is 6.92 Å². The minimum Gasteiger partial charge on any atom is -0.493 e. The molecule has 0 atom stereocenters. The standard InChI is InChI=1S/C22H20N2O2/c1-15-6-5-7-16(12-15)14-26-21-13-17(10-11-20(21)25-2)22-23-18-8-3-4-9-19(18)24-22/h3-13H,14H2,1-2H3,(H,23,24). The fraction of sp³-hybridized carbons (Fsp3) is 0.136. The third-order valence-electron chi connectivity index (χ3n) is 4.30. The number of aryl methyl sites for hydroxylation is 1. The van der Waals surface area contributed by atoms with Gasteiger partial charge in [0.15, 0.2) is 11.5 Å². The molecule has 0 bridgehead atoms. The summed E-state index contributed by atoms with van der Waals surface area (Å²) in [5.41, 5.74) is 5.26. The largest absolute Gasteiger partial charge is 0.493 e. The Labute approximate surface area is 152 Å².